The topological polar surface area (TPSA) is 72.0 Å². The van der Waals surface area contributed by atoms with E-state index >= 15 is 0 Å². The number of para-hydroxylation sites is 3. The third-order valence-corrected chi connectivity index (χ3v) is 4.01. The molecule has 4 aromatic rings. The Kier molecular flexibility index (Phi) is 5.39. The van der Waals surface area contributed by atoms with Gasteiger partial charge in [0.25, 0.3) is 0 Å². The number of hydrogen-bond acceptors (Lipinski definition) is 6. The first kappa shape index (κ1) is 17.5. The van der Waals surface area contributed by atoms with Crippen LogP contribution in [0.25, 0.3) is 0 Å². The Hall–Kier alpha value is -3.93. The van der Waals surface area contributed by atoms with Crippen LogP contribution >= 0.6 is 0 Å². The zero-order valence-corrected chi connectivity index (χ0v) is 15.1. The lowest BCUT2D eigenvalue weighted by molar-refractivity contribution is 0.485. The smallest absolute Gasteiger partial charge is 0.150 e. The van der Waals surface area contributed by atoms with Crippen molar-refractivity contribution in [3.63, 3.8) is 0 Å². The summed E-state index contributed by atoms with van der Waals surface area (Å²) in [6.45, 7) is 0.659. The van der Waals surface area contributed by atoms with E-state index in [-0.39, 0.29) is 0 Å². The second kappa shape index (κ2) is 8.64. The summed E-state index contributed by atoms with van der Waals surface area (Å²) in [7, 11) is 0. The second-order valence-corrected chi connectivity index (χ2v) is 6.03. The Labute approximate surface area is 163 Å². The number of rotatable bonds is 7. The highest BCUT2D eigenvalue weighted by Gasteiger charge is 2.06. The molecule has 4 rings (SSSR count). The average molecular weight is 369 g/mol. The normalized spacial score (nSPS) is 10.3. The molecule has 0 saturated heterocycles. The summed E-state index contributed by atoms with van der Waals surface area (Å²) >= 11 is 0. The van der Waals surface area contributed by atoms with Gasteiger partial charge in [-0.2, -0.15) is 0 Å². The SMILES string of the molecule is c1ccc(Oc2ccccc2Nc2cc(NCc3ccncc3)ncn2)cc1. The molecule has 2 N–H and O–H groups in total. The van der Waals surface area contributed by atoms with Crippen molar-refractivity contribution >= 4 is 17.3 Å². The van der Waals surface area contributed by atoms with Crippen LogP contribution < -0.4 is 15.4 Å². The van der Waals surface area contributed by atoms with E-state index in [1.54, 1.807) is 12.4 Å². The lowest BCUT2D eigenvalue weighted by Gasteiger charge is -2.13. The third-order valence-electron chi connectivity index (χ3n) is 4.01. The van der Waals surface area contributed by atoms with Gasteiger partial charge in [-0.15, -0.1) is 0 Å². The van der Waals surface area contributed by atoms with Crippen LogP contribution in [0.15, 0.2) is 91.5 Å². The number of pyridine rings is 1. The molecular formula is C22H19N5O. The number of benzene rings is 2. The summed E-state index contributed by atoms with van der Waals surface area (Å²) in [5.41, 5.74) is 1.95. The number of hydrogen-bond donors (Lipinski definition) is 2. The molecule has 28 heavy (non-hydrogen) atoms. The van der Waals surface area contributed by atoms with Crippen LogP contribution in [0.1, 0.15) is 5.56 Å². The summed E-state index contributed by atoms with van der Waals surface area (Å²) in [5.74, 6) is 2.91. The average Bonchev–Trinajstić information content (AvgIpc) is 2.75. The number of anilines is 3. The summed E-state index contributed by atoms with van der Waals surface area (Å²) in [6.07, 6.45) is 5.07. The van der Waals surface area contributed by atoms with Crippen molar-refractivity contribution in [3.8, 4) is 11.5 Å². The maximum absolute atomic E-state index is 5.99. The summed E-state index contributed by atoms with van der Waals surface area (Å²) in [6, 6.07) is 23.2. The molecule has 0 aliphatic rings. The lowest BCUT2D eigenvalue weighted by Crippen LogP contribution is -2.03. The molecule has 2 aromatic heterocycles. The van der Waals surface area contributed by atoms with Crippen LogP contribution in [0.4, 0.5) is 17.3 Å². The Morgan fingerprint density at radius 1 is 0.786 bits per heavy atom. The van der Waals surface area contributed by atoms with E-state index in [2.05, 4.69) is 25.6 Å². The van der Waals surface area contributed by atoms with Crippen molar-refractivity contribution < 1.29 is 4.74 Å². The minimum atomic E-state index is 0.659. The minimum Gasteiger partial charge on any atom is -0.455 e. The van der Waals surface area contributed by atoms with Gasteiger partial charge in [0.15, 0.2) is 5.75 Å². The Bertz CT molecular complexity index is 1030. The van der Waals surface area contributed by atoms with E-state index in [1.165, 1.54) is 6.33 Å². The Morgan fingerprint density at radius 3 is 2.39 bits per heavy atom. The largest absolute Gasteiger partial charge is 0.455 e. The van der Waals surface area contributed by atoms with Gasteiger partial charge >= 0.3 is 0 Å². The van der Waals surface area contributed by atoms with Crippen molar-refractivity contribution in [3.05, 3.63) is 97.1 Å². The standard InChI is InChI=1S/C22H19N5O/c1-2-6-18(7-3-1)28-20-9-5-4-8-19(20)27-22-14-21(25-16-26-22)24-15-17-10-12-23-13-11-17/h1-14,16H,15H2,(H2,24,25,26,27). The Morgan fingerprint density at radius 2 is 1.54 bits per heavy atom. The van der Waals surface area contributed by atoms with E-state index in [4.69, 9.17) is 4.74 Å². The molecule has 2 aromatic carbocycles. The molecule has 0 fully saturated rings. The third kappa shape index (κ3) is 4.62. The first-order valence-corrected chi connectivity index (χ1v) is 8.90. The van der Waals surface area contributed by atoms with Crippen LogP contribution in [0.3, 0.4) is 0 Å². The van der Waals surface area contributed by atoms with Gasteiger partial charge < -0.3 is 15.4 Å². The fourth-order valence-electron chi connectivity index (χ4n) is 2.63. The molecule has 0 spiro atoms. The van der Waals surface area contributed by atoms with Gasteiger partial charge in [0.2, 0.25) is 0 Å². The molecule has 0 aliphatic heterocycles. The van der Waals surface area contributed by atoms with Gasteiger partial charge in [0, 0.05) is 25.0 Å². The molecular weight excluding hydrogens is 350 g/mol. The monoisotopic (exact) mass is 369 g/mol. The molecule has 0 atom stereocenters. The highest BCUT2D eigenvalue weighted by Crippen LogP contribution is 2.31. The molecule has 6 nitrogen and oxygen atoms in total. The zero-order chi connectivity index (χ0) is 19.0. The number of ether oxygens (including phenoxy) is 1. The molecule has 0 aliphatic carbocycles. The van der Waals surface area contributed by atoms with E-state index in [0.29, 0.717) is 12.4 Å². The number of nitrogens with zero attached hydrogens (tertiary/aromatic N) is 3. The van der Waals surface area contributed by atoms with E-state index < -0.39 is 0 Å². The molecule has 0 saturated carbocycles. The second-order valence-electron chi connectivity index (χ2n) is 6.03. The molecule has 0 radical (unpaired) electrons. The number of aromatic nitrogens is 3. The van der Waals surface area contributed by atoms with E-state index in [0.717, 1.165) is 28.6 Å². The van der Waals surface area contributed by atoms with Crippen LogP contribution in [0, 0.1) is 0 Å². The first-order valence-electron chi connectivity index (χ1n) is 8.90. The van der Waals surface area contributed by atoms with E-state index in [9.17, 15) is 0 Å². The van der Waals surface area contributed by atoms with Crippen molar-refractivity contribution in [2.45, 2.75) is 6.54 Å². The highest BCUT2D eigenvalue weighted by molar-refractivity contribution is 5.66. The summed E-state index contributed by atoms with van der Waals surface area (Å²) in [4.78, 5) is 12.6. The fourth-order valence-corrected chi connectivity index (χ4v) is 2.63. The van der Waals surface area contributed by atoms with Crippen molar-refractivity contribution in [2.75, 3.05) is 10.6 Å². The van der Waals surface area contributed by atoms with Gasteiger partial charge in [-0.05, 0) is 42.0 Å². The molecule has 0 unspecified atom stereocenters. The highest BCUT2D eigenvalue weighted by atomic mass is 16.5. The number of nitrogens with one attached hydrogen (secondary N) is 2. The maximum Gasteiger partial charge on any atom is 0.150 e. The molecule has 138 valence electrons. The summed E-state index contributed by atoms with van der Waals surface area (Å²) in [5, 5.41) is 6.60. The fraction of sp³-hybridized carbons (Fsp3) is 0.0455. The van der Waals surface area contributed by atoms with Crippen LogP contribution in [0.2, 0.25) is 0 Å². The van der Waals surface area contributed by atoms with Crippen molar-refractivity contribution in [1.82, 2.24) is 15.0 Å². The van der Waals surface area contributed by atoms with Crippen LogP contribution in [-0.4, -0.2) is 15.0 Å². The van der Waals surface area contributed by atoms with Crippen LogP contribution in [-0.2, 0) is 6.54 Å². The summed E-state index contributed by atoms with van der Waals surface area (Å²) < 4.78 is 5.99. The molecule has 6 heteroatoms. The van der Waals surface area contributed by atoms with Crippen molar-refractivity contribution in [1.29, 1.82) is 0 Å². The molecule has 0 amide bonds. The lowest BCUT2D eigenvalue weighted by atomic mass is 10.2. The van der Waals surface area contributed by atoms with E-state index in [1.807, 2.05) is 72.8 Å². The predicted octanol–water partition coefficient (Wildman–Crippen LogP) is 5.02. The van der Waals surface area contributed by atoms with Gasteiger partial charge in [0.05, 0.1) is 5.69 Å². The quantitative estimate of drug-likeness (QED) is 0.477. The Balaban J connectivity index is 1.47. The predicted molar refractivity (Wildman–Crippen MR) is 110 cm³/mol. The van der Waals surface area contributed by atoms with Crippen LogP contribution in [0.5, 0.6) is 11.5 Å². The van der Waals surface area contributed by atoms with Gasteiger partial charge in [0.1, 0.15) is 23.7 Å². The van der Waals surface area contributed by atoms with Crippen molar-refractivity contribution in [2.24, 2.45) is 0 Å². The van der Waals surface area contributed by atoms with Gasteiger partial charge in [-0.3, -0.25) is 4.98 Å². The minimum absolute atomic E-state index is 0.659. The zero-order valence-electron chi connectivity index (χ0n) is 15.1. The van der Waals surface area contributed by atoms with Gasteiger partial charge in [-0.1, -0.05) is 30.3 Å². The molecule has 0 bridgehead atoms. The maximum atomic E-state index is 5.99. The van der Waals surface area contributed by atoms with Gasteiger partial charge in [-0.25, -0.2) is 9.97 Å². The first-order chi connectivity index (χ1) is 13.9. The molecule has 2 heterocycles.